The molecule has 0 bridgehead atoms. The van der Waals surface area contributed by atoms with Crippen LogP contribution in [0.2, 0.25) is 0 Å². The normalized spacial score (nSPS) is 37.9. The number of hydrogen-bond donors (Lipinski definition) is 1. The van der Waals surface area contributed by atoms with Gasteiger partial charge in [-0.15, -0.1) is 6.58 Å². The summed E-state index contributed by atoms with van der Waals surface area (Å²) in [5.74, 6) is 0.722. The lowest BCUT2D eigenvalue weighted by atomic mass is 9.83. The third-order valence-corrected chi connectivity index (χ3v) is 3.63. The highest BCUT2D eigenvalue weighted by Crippen LogP contribution is 2.35. The van der Waals surface area contributed by atoms with Crippen molar-refractivity contribution in [3.63, 3.8) is 0 Å². The van der Waals surface area contributed by atoms with E-state index in [0.717, 1.165) is 18.4 Å². The molecule has 15 heavy (non-hydrogen) atoms. The van der Waals surface area contributed by atoms with Gasteiger partial charge in [-0.25, -0.2) is 0 Å². The molecule has 1 aliphatic heterocycles. The van der Waals surface area contributed by atoms with Crippen LogP contribution in [0.3, 0.4) is 0 Å². The van der Waals surface area contributed by atoms with Crippen molar-refractivity contribution in [2.75, 3.05) is 0 Å². The molecule has 1 aliphatic rings. The van der Waals surface area contributed by atoms with E-state index in [-0.39, 0.29) is 24.2 Å². The summed E-state index contributed by atoms with van der Waals surface area (Å²) in [6, 6.07) is 0. The van der Waals surface area contributed by atoms with Gasteiger partial charge in [0.1, 0.15) is 0 Å². The summed E-state index contributed by atoms with van der Waals surface area (Å²) in [5.41, 5.74) is 1.14. The third kappa shape index (κ3) is 3.05. The Hall–Kier alpha value is -0.340. The molecule has 2 heteroatoms. The molecular formula is C13H24O2. The average molecular weight is 212 g/mol. The van der Waals surface area contributed by atoms with Gasteiger partial charge in [-0.1, -0.05) is 12.5 Å². The monoisotopic (exact) mass is 212 g/mol. The van der Waals surface area contributed by atoms with Crippen molar-refractivity contribution in [2.45, 2.75) is 58.8 Å². The molecule has 0 spiro atoms. The molecule has 1 N–H and O–H groups in total. The molecule has 1 fully saturated rings. The van der Waals surface area contributed by atoms with Gasteiger partial charge in [-0.05, 0) is 39.5 Å². The summed E-state index contributed by atoms with van der Waals surface area (Å²) in [7, 11) is 0. The van der Waals surface area contributed by atoms with Gasteiger partial charge in [0.2, 0.25) is 0 Å². The second-order valence-corrected chi connectivity index (χ2v) is 5.05. The van der Waals surface area contributed by atoms with E-state index in [0.29, 0.717) is 5.92 Å². The highest BCUT2D eigenvalue weighted by Gasteiger charge is 2.40. The zero-order chi connectivity index (χ0) is 11.6. The Bertz CT molecular complexity index is 225. The smallest absolute Gasteiger partial charge is 0.0607 e. The van der Waals surface area contributed by atoms with E-state index in [2.05, 4.69) is 27.4 Å². The van der Waals surface area contributed by atoms with E-state index in [1.807, 2.05) is 6.92 Å². The van der Waals surface area contributed by atoms with Crippen LogP contribution in [0.4, 0.5) is 0 Å². The Balaban J connectivity index is 2.51. The first-order chi connectivity index (χ1) is 6.93. The molecule has 5 unspecified atom stereocenters. The molecule has 0 saturated carbocycles. The fraction of sp³-hybridized carbons (Fsp3) is 0.846. The van der Waals surface area contributed by atoms with Gasteiger partial charge in [0.25, 0.3) is 0 Å². The van der Waals surface area contributed by atoms with Gasteiger partial charge >= 0.3 is 0 Å². The van der Waals surface area contributed by atoms with Gasteiger partial charge in [-0.2, -0.15) is 0 Å². The molecular weight excluding hydrogens is 188 g/mol. The summed E-state index contributed by atoms with van der Waals surface area (Å²) in [5, 5.41) is 10.1. The summed E-state index contributed by atoms with van der Waals surface area (Å²) < 4.78 is 5.73. The van der Waals surface area contributed by atoms with Crippen molar-refractivity contribution >= 4 is 0 Å². The SMILES string of the molecule is C=C(C)CCC(O)C1C(C)OC(C)C1C. The minimum atomic E-state index is -0.253. The molecule has 0 amide bonds. The predicted octanol–water partition coefficient (Wildman–Crippen LogP) is 2.76. The summed E-state index contributed by atoms with van der Waals surface area (Å²) in [6.07, 6.45) is 1.91. The maximum atomic E-state index is 10.1. The lowest BCUT2D eigenvalue weighted by molar-refractivity contribution is 0.0212. The number of rotatable bonds is 4. The number of allylic oxidation sites excluding steroid dienone is 1. The second kappa shape index (κ2) is 5.13. The summed E-state index contributed by atoms with van der Waals surface area (Å²) in [6.45, 7) is 12.2. The van der Waals surface area contributed by atoms with Gasteiger partial charge in [0.05, 0.1) is 18.3 Å². The standard InChI is InChI=1S/C13H24O2/c1-8(2)6-7-12(14)13-9(3)10(4)15-11(13)5/h9-14H,1,6-7H2,2-5H3. The number of hydrogen-bond acceptors (Lipinski definition) is 2. The van der Waals surface area contributed by atoms with Gasteiger partial charge < -0.3 is 9.84 Å². The maximum Gasteiger partial charge on any atom is 0.0607 e. The van der Waals surface area contributed by atoms with Crippen molar-refractivity contribution in [3.8, 4) is 0 Å². The van der Waals surface area contributed by atoms with E-state index >= 15 is 0 Å². The molecule has 0 aromatic rings. The Morgan fingerprint density at radius 2 is 1.93 bits per heavy atom. The Morgan fingerprint density at radius 1 is 1.33 bits per heavy atom. The molecule has 5 atom stereocenters. The van der Waals surface area contributed by atoms with E-state index in [9.17, 15) is 5.11 Å². The molecule has 1 rings (SSSR count). The second-order valence-electron chi connectivity index (χ2n) is 5.05. The van der Waals surface area contributed by atoms with Gasteiger partial charge in [0.15, 0.2) is 0 Å². The first kappa shape index (κ1) is 12.7. The number of ether oxygens (including phenoxy) is 1. The zero-order valence-electron chi connectivity index (χ0n) is 10.4. The molecule has 0 aliphatic carbocycles. The van der Waals surface area contributed by atoms with Crippen LogP contribution in [0.1, 0.15) is 40.5 Å². The van der Waals surface area contributed by atoms with Crippen molar-refractivity contribution in [2.24, 2.45) is 11.8 Å². The summed E-state index contributed by atoms with van der Waals surface area (Å²) >= 11 is 0. The van der Waals surface area contributed by atoms with E-state index < -0.39 is 0 Å². The largest absolute Gasteiger partial charge is 0.393 e. The molecule has 0 radical (unpaired) electrons. The minimum absolute atomic E-state index is 0.176. The third-order valence-electron chi connectivity index (χ3n) is 3.63. The van der Waals surface area contributed by atoms with Crippen LogP contribution < -0.4 is 0 Å². The maximum absolute atomic E-state index is 10.1. The van der Waals surface area contributed by atoms with Gasteiger partial charge in [-0.3, -0.25) is 0 Å². The average Bonchev–Trinajstić information content (AvgIpc) is 2.37. The number of aliphatic hydroxyl groups excluding tert-OH is 1. The van der Waals surface area contributed by atoms with Crippen molar-refractivity contribution in [3.05, 3.63) is 12.2 Å². The molecule has 88 valence electrons. The van der Waals surface area contributed by atoms with Crippen LogP contribution in [0.25, 0.3) is 0 Å². The van der Waals surface area contributed by atoms with E-state index in [4.69, 9.17) is 4.74 Å². The van der Waals surface area contributed by atoms with Crippen molar-refractivity contribution < 1.29 is 9.84 Å². The molecule has 2 nitrogen and oxygen atoms in total. The fourth-order valence-electron chi connectivity index (χ4n) is 2.54. The van der Waals surface area contributed by atoms with Crippen LogP contribution in [0, 0.1) is 11.8 Å². The highest BCUT2D eigenvalue weighted by atomic mass is 16.5. The molecule has 1 saturated heterocycles. The summed E-state index contributed by atoms with van der Waals surface area (Å²) in [4.78, 5) is 0. The number of aliphatic hydroxyl groups is 1. The van der Waals surface area contributed by atoms with E-state index in [1.54, 1.807) is 0 Å². The fourth-order valence-corrected chi connectivity index (χ4v) is 2.54. The molecule has 0 aromatic carbocycles. The Morgan fingerprint density at radius 3 is 2.33 bits per heavy atom. The van der Waals surface area contributed by atoms with Crippen LogP contribution in [-0.4, -0.2) is 23.4 Å². The first-order valence-corrected chi connectivity index (χ1v) is 5.91. The Labute approximate surface area is 93.3 Å². The molecule has 1 heterocycles. The van der Waals surface area contributed by atoms with Crippen LogP contribution in [-0.2, 0) is 4.74 Å². The topological polar surface area (TPSA) is 29.5 Å². The lowest BCUT2D eigenvalue weighted by Crippen LogP contribution is -2.30. The Kier molecular flexibility index (Phi) is 4.35. The molecule has 0 aromatic heterocycles. The first-order valence-electron chi connectivity index (χ1n) is 5.91. The predicted molar refractivity (Wildman–Crippen MR) is 62.7 cm³/mol. The van der Waals surface area contributed by atoms with Crippen molar-refractivity contribution in [1.29, 1.82) is 0 Å². The van der Waals surface area contributed by atoms with Crippen LogP contribution in [0.15, 0.2) is 12.2 Å². The quantitative estimate of drug-likeness (QED) is 0.726. The highest BCUT2D eigenvalue weighted by molar-refractivity contribution is 4.93. The van der Waals surface area contributed by atoms with E-state index in [1.165, 1.54) is 0 Å². The van der Waals surface area contributed by atoms with Gasteiger partial charge in [0, 0.05) is 5.92 Å². The van der Waals surface area contributed by atoms with Crippen LogP contribution >= 0.6 is 0 Å². The zero-order valence-corrected chi connectivity index (χ0v) is 10.4. The van der Waals surface area contributed by atoms with Crippen molar-refractivity contribution in [1.82, 2.24) is 0 Å². The van der Waals surface area contributed by atoms with Crippen LogP contribution in [0.5, 0.6) is 0 Å². The minimum Gasteiger partial charge on any atom is -0.393 e. The lowest BCUT2D eigenvalue weighted by Gasteiger charge is -2.24.